The number of nitrogens with one attached hydrogen (secondary N) is 1. The fourth-order valence-electron chi connectivity index (χ4n) is 1.82. The largest absolute Gasteiger partial charge is 0.482 e. The third kappa shape index (κ3) is 4.06. The van der Waals surface area contributed by atoms with Crippen molar-refractivity contribution in [1.29, 1.82) is 0 Å². The van der Waals surface area contributed by atoms with E-state index in [0.29, 0.717) is 16.2 Å². The number of carbonyl (C=O) groups excluding carboxylic acids is 2. The van der Waals surface area contributed by atoms with Crippen LogP contribution in [0.2, 0.25) is 0 Å². The van der Waals surface area contributed by atoms with Crippen molar-refractivity contribution in [1.82, 2.24) is 10.2 Å². The molecule has 0 aromatic heterocycles. The van der Waals surface area contributed by atoms with Gasteiger partial charge >= 0.3 is 18.0 Å². The second-order valence-corrected chi connectivity index (χ2v) is 4.52. The van der Waals surface area contributed by atoms with Crippen LogP contribution in [0.4, 0.5) is 4.79 Å². The minimum atomic E-state index is -1.30. The quantitative estimate of drug-likeness (QED) is 0.501. The Morgan fingerprint density at radius 2 is 1.78 bits per heavy atom. The van der Waals surface area contributed by atoms with Crippen LogP contribution in [0.15, 0.2) is 30.0 Å². The average Bonchev–Trinajstić information content (AvgIpc) is 2.74. The monoisotopic (exact) mass is 320 g/mol. The maximum Gasteiger partial charge on any atom is 0.341 e. The van der Waals surface area contributed by atoms with E-state index < -0.39 is 37.0 Å². The fourth-order valence-corrected chi connectivity index (χ4v) is 1.82. The Morgan fingerprint density at radius 1 is 1.13 bits per heavy atom. The number of carboxylic acids is 2. The molecule has 1 aliphatic rings. The van der Waals surface area contributed by atoms with Crippen LogP contribution in [0.1, 0.15) is 5.56 Å². The molecule has 0 bridgehead atoms. The van der Waals surface area contributed by atoms with Crippen molar-refractivity contribution in [3.8, 4) is 5.75 Å². The molecule has 0 aliphatic carbocycles. The maximum atomic E-state index is 11.9. The van der Waals surface area contributed by atoms with E-state index >= 15 is 0 Å². The van der Waals surface area contributed by atoms with Crippen molar-refractivity contribution in [3.63, 3.8) is 0 Å². The van der Waals surface area contributed by atoms with Gasteiger partial charge in [-0.3, -0.25) is 9.59 Å². The summed E-state index contributed by atoms with van der Waals surface area (Å²) in [6.07, 6.45) is 1.38. The van der Waals surface area contributed by atoms with E-state index in [-0.39, 0.29) is 5.70 Å². The Balaban J connectivity index is 2.09. The lowest BCUT2D eigenvalue weighted by molar-refractivity contribution is -0.140. The normalized spacial score (nSPS) is 15.7. The summed E-state index contributed by atoms with van der Waals surface area (Å²) < 4.78 is 4.96. The number of carboxylic acid groups (broad SMARTS) is 2. The second kappa shape index (κ2) is 6.60. The van der Waals surface area contributed by atoms with Crippen molar-refractivity contribution in [2.75, 3.05) is 13.2 Å². The zero-order chi connectivity index (χ0) is 17.0. The number of amides is 3. The van der Waals surface area contributed by atoms with E-state index in [1.165, 1.54) is 18.2 Å². The highest BCUT2D eigenvalue weighted by Crippen LogP contribution is 2.17. The Bertz CT molecular complexity index is 694. The molecular formula is C14H12N2O7. The molecule has 0 unspecified atom stereocenters. The molecule has 1 fully saturated rings. The van der Waals surface area contributed by atoms with Gasteiger partial charge in [0.25, 0.3) is 5.91 Å². The van der Waals surface area contributed by atoms with Crippen LogP contribution in [-0.4, -0.2) is 52.1 Å². The molecule has 2 rings (SSSR count). The molecule has 0 atom stereocenters. The highest BCUT2D eigenvalue weighted by atomic mass is 16.5. The van der Waals surface area contributed by atoms with Crippen molar-refractivity contribution in [2.45, 2.75) is 0 Å². The number of urea groups is 1. The predicted molar refractivity (Wildman–Crippen MR) is 75.4 cm³/mol. The molecule has 0 spiro atoms. The average molecular weight is 320 g/mol. The van der Waals surface area contributed by atoms with Crippen LogP contribution in [0, 0.1) is 0 Å². The highest BCUT2D eigenvalue weighted by molar-refractivity contribution is 6.15. The van der Waals surface area contributed by atoms with Gasteiger partial charge in [-0.15, -0.1) is 0 Å². The zero-order valence-corrected chi connectivity index (χ0v) is 11.7. The molecule has 1 aromatic carbocycles. The minimum absolute atomic E-state index is 0.0459. The molecule has 0 saturated carbocycles. The van der Waals surface area contributed by atoms with Gasteiger partial charge in [-0.1, -0.05) is 12.1 Å². The molecular weight excluding hydrogens is 308 g/mol. The van der Waals surface area contributed by atoms with Crippen LogP contribution in [0.25, 0.3) is 6.08 Å². The summed E-state index contributed by atoms with van der Waals surface area (Å²) in [7, 11) is 0. The Kier molecular flexibility index (Phi) is 4.60. The molecule has 120 valence electrons. The predicted octanol–water partition coefficient (Wildman–Crippen LogP) is 0.127. The summed E-state index contributed by atoms with van der Waals surface area (Å²) in [6.45, 7) is -1.19. The Morgan fingerprint density at radius 3 is 2.35 bits per heavy atom. The molecule has 3 amide bonds. The number of hydrogen-bond acceptors (Lipinski definition) is 5. The van der Waals surface area contributed by atoms with Gasteiger partial charge in [-0.25, -0.2) is 14.5 Å². The van der Waals surface area contributed by atoms with Gasteiger partial charge in [0.1, 0.15) is 18.0 Å². The molecule has 1 aromatic rings. The maximum absolute atomic E-state index is 11.9. The van der Waals surface area contributed by atoms with Crippen LogP contribution in [0.3, 0.4) is 0 Å². The molecule has 1 aliphatic heterocycles. The summed E-state index contributed by atoms with van der Waals surface area (Å²) in [5, 5.41) is 19.4. The molecule has 0 radical (unpaired) electrons. The van der Waals surface area contributed by atoms with Gasteiger partial charge in [0.15, 0.2) is 6.61 Å². The van der Waals surface area contributed by atoms with Crippen molar-refractivity contribution < 1.29 is 34.1 Å². The van der Waals surface area contributed by atoms with Gasteiger partial charge in [-0.2, -0.15) is 0 Å². The molecule has 9 nitrogen and oxygen atoms in total. The number of rotatable bonds is 6. The first-order chi connectivity index (χ1) is 10.9. The fraction of sp³-hybridized carbons (Fsp3) is 0.143. The summed E-state index contributed by atoms with van der Waals surface area (Å²) in [5.74, 6) is -2.80. The van der Waals surface area contributed by atoms with Gasteiger partial charge in [0, 0.05) is 0 Å². The number of hydrogen-bond donors (Lipinski definition) is 3. The SMILES string of the molecule is O=C(O)COc1ccc(/C=C2/NC(=O)N(CC(=O)O)C2=O)cc1. The molecule has 3 N–H and O–H groups in total. The number of imide groups is 1. The Labute approximate surface area is 129 Å². The van der Waals surface area contributed by atoms with Crippen LogP contribution >= 0.6 is 0 Å². The number of benzene rings is 1. The smallest absolute Gasteiger partial charge is 0.341 e. The van der Waals surface area contributed by atoms with Gasteiger partial charge < -0.3 is 20.3 Å². The van der Waals surface area contributed by atoms with Crippen molar-refractivity contribution in [2.24, 2.45) is 0 Å². The lowest BCUT2D eigenvalue weighted by Gasteiger charge is -2.06. The molecule has 23 heavy (non-hydrogen) atoms. The number of nitrogens with zero attached hydrogens (tertiary/aromatic N) is 1. The number of carbonyl (C=O) groups is 4. The molecule has 9 heteroatoms. The first kappa shape index (κ1) is 16.0. The van der Waals surface area contributed by atoms with Crippen LogP contribution in [-0.2, 0) is 14.4 Å². The Hall–Kier alpha value is -3.36. The first-order valence-corrected chi connectivity index (χ1v) is 6.38. The summed E-state index contributed by atoms with van der Waals surface area (Å²) >= 11 is 0. The van der Waals surface area contributed by atoms with E-state index in [2.05, 4.69) is 5.32 Å². The van der Waals surface area contributed by atoms with E-state index in [1.54, 1.807) is 12.1 Å². The van der Waals surface area contributed by atoms with Gasteiger partial charge in [0.05, 0.1) is 0 Å². The minimum Gasteiger partial charge on any atom is -0.482 e. The van der Waals surface area contributed by atoms with E-state index in [9.17, 15) is 19.2 Å². The lowest BCUT2D eigenvalue weighted by atomic mass is 10.2. The standard InChI is InChI=1S/C14H12N2O7/c17-11(18)6-16-13(21)10(15-14(16)22)5-8-1-3-9(4-2-8)23-7-12(19)20/h1-5H,6-7H2,(H,15,22)(H,17,18)(H,19,20)/b10-5+. The van der Waals surface area contributed by atoms with E-state index in [4.69, 9.17) is 14.9 Å². The summed E-state index contributed by atoms with van der Waals surface area (Å²) in [6, 6.07) is 5.33. The molecule has 1 saturated heterocycles. The molecule has 1 heterocycles. The first-order valence-electron chi connectivity index (χ1n) is 6.38. The summed E-state index contributed by atoms with van der Waals surface area (Å²) in [4.78, 5) is 45.0. The highest BCUT2D eigenvalue weighted by Gasteiger charge is 2.34. The van der Waals surface area contributed by atoms with Crippen LogP contribution < -0.4 is 10.1 Å². The third-order valence-electron chi connectivity index (χ3n) is 2.81. The van der Waals surface area contributed by atoms with Gasteiger partial charge in [-0.05, 0) is 23.8 Å². The van der Waals surface area contributed by atoms with E-state index in [0.717, 1.165) is 0 Å². The number of ether oxygens (including phenoxy) is 1. The van der Waals surface area contributed by atoms with Crippen molar-refractivity contribution in [3.05, 3.63) is 35.5 Å². The number of aliphatic carboxylic acids is 2. The summed E-state index contributed by atoms with van der Waals surface area (Å²) in [5.41, 5.74) is 0.504. The topological polar surface area (TPSA) is 133 Å². The van der Waals surface area contributed by atoms with E-state index in [1.807, 2.05) is 0 Å². The lowest BCUT2D eigenvalue weighted by Crippen LogP contribution is -2.35. The van der Waals surface area contributed by atoms with Gasteiger partial charge in [0.2, 0.25) is 0 Å². The zero-order valence-electron chi connectivity index (χ0n) is 11.7. The van der Waals surface area contributed by atoms with Crippen LogP contribution in [0.5, 0.6) is 5.75 Å². The van der Waals surface area contributed by atoms with Crippen molar-refractivity contribution >= 4 is 30.0 Å². The third-order valence-corrected chi connectivity index (χ3v) is 2.81. The second-order valence-electron chi connectivity index (χ2n) is 4.52.